The second-order valence-electron chi connectivity index (χ2n) is 4.15. The molecular formula is C14H22BrNO. The van der Waals surface area contributed by atoms with E-state index in [0.717, 1.165) is 18.4 Å². The highest BCUT2D eigenvalue weighted by atomic mass is 79.9. The van der Waals surface area contributed by atoms with Crippen molar-refractivity contribution in [3.63, 3.8) is 0 Å². The van der Waals surface area contributed by atoms with Crippen molar-refractivity contribution >= 4 is 21.6 Å². The number of anilines is 1. The van der Waals surface area contributed by atoms with Crippen LogP contribution in [0.15, 0.2) is 30.3 Å². The second kappa shape index (κ2) is 9.49. The molecule has 1 aromatic carbocycles. The van der Waals surface area contributed by atoms with Gasteiger partial charge in [0.25, 0.3) is 0 Å². The van der Waals surface area contributed by atoms with Crippen LogP contribution < -0.4 is 4.90 Å². The Labute approximate surface area is 113 Å². The number of hydrogen-bond donors (Lipinski definition) is 1. The number of aliphatic hydroxyl groups excluding tert-OH is 1. The molecule has 1 N–H and O–H groups in total. The summed E-state index contributed by atoms with van der Waals surface area (Å²) < 4.78 is 0. The van der Waals surface area contributed by atoms with E-state index in [9.17, 15) is 0 Å². The Morgan fingerprint density at radius 2 is 1.65 bits per heavy atom. The van der Waals surface area contributed by atoms with Crippen LogP contribution in [0.3, 0.4) is 0 Å². The van der Waals surface area contributed by atoms with E-state index in [1.807, 2.05) is 18.2 Å². The molecule has 0 atom stereocenters. The summed E-state index contributed by atoms with van der Waals surface area (Å²) in [5, 5.41) is 10.2. The highest BCUT2D eigenvalue weighted by Crippen LogP contribution is 2.14. The van der Waals surface area contributed by atoms with Gasteiger partial charge < -0.3 is 10.0 Å². The van der Waals surface area contributed by atoms with E-state index in [4.69, 9.17) is 5.11 Å². The van der Waals surface area contributed by atoms with E-state index in [1.165, 1.54) is 31.4 Å². The topological polar surface area (TPSA) is 23.5 Å². The summed E-state index contributed by atoms with van der Waals surface area (Å²) in [6.45, 7) is 1.98. The molecule has 0 spiro atoms. The standard InChI is InChI=1S/C14H22BrNO/c15-10-6-1-2-7-11-16(12-13-17)14-8-4-3-5-9-14/h3-5,8-9,17H,1-2,6-7,10-13H2. The minimum atomic E-state index is 0.219. The third-order valence-electron chi connectivity index (χ3n) is 2.80. The average Bonchev–Trinajstić information content (AvgIpc) is 2.38. The molecule has 17 heavy (non-hydrogen) atoms. The molecule has 0 heterocycles. The first-order valence-electron chi connectivity index (χ1n) is 6.35. The Kier molecular flexibility index (Phi) is 8.10. The van der Waals surface area contributed by atoms with Gasteiger partial charge in [-0.15, -0.1) is 0 Å². The monoisotopic (exact) mass is 299 g/mol. The van der Waals surface area contributed by atoms with Gasteiger partial charge in [-0.05, 0) is 25.0 Å². The number of rotatable bonds is 9. The van der Waals surface area contributed by atoms with Crippen LogP contribution in [0.5, 0.6) is 0 Å². The molecule has 0 saturated heterocycles. The maximum atomic E-state index is 9.09. The number of hydrogen-bond acceptors (Lipinski definition) is 2. The molecule has 0 radical (unpaired) electrons. The first-order valence-corrected chi connectivity index (χ1v) is 7.47. The van der Waals surface area contributed by atoms with Gasteiger partial charge in [0.2, 0.25) is 0 Å². The van der Waals surface area contributed by atoms with Crippen LogP contribution >= 0.6 is 15.9 Å². The lowest BCUT2D eigenvalue weighted by molar-refractivity contribution is 0.301. The lowest BCUT2D eigenvalue weighted by Gasteiger charge is -2.23. The molecule has 3 heteroatoms. The fourth-order valence-electron chi connectivity index (χ4n) is 1.88. The summed E-state index contributed by atoms with van der Waals surface area (Å²) in [5.74, 6) is 0. The normalized spacial score (nSPS) is 10.5. The summed E-state index contributed by atoms with van der Waals surface area (Å²) in [4.78, 5) is 2.26. The Morgan fingerprint density at radius 3 is 2.29 bits per heavy atom. The Morgan fingerprint density at radius 1 is 0.941 bits per heavy atom. The number of aliphatic hydroxyl groups is 1. The highest BCUT2D eigenvalue weighted by molar-refractivity contribution is 9.09. The lowest BCUT2D eigenvalue weighted by Crippen LogP contribution is -2.27. The summed E-state index contributed by atoms with van der Waals surface area (Å²) in [5.41, 5.74) is 1.21. The number of halogens is 1. The summed E-state index contributed by atoms with van der Waals surface area (Å²) in [6.07, 6.45) is 5.00. The maximum absolute atomic E-state index is 9.09. The Hall–Kier alpha value is -0.540. The first kappa shape index (κ1) is 14.5. The molecule has 96 valence electrons. The first-order chi connectivity index (χ1) is 8.38. The van der Waals surface area contributed by atoms with Crippen LogP contribution in [0, 0.1) is 0 Å². The molecule has 0 saturated carbocycles. The molecule has 1 rings (SSSR count). The van der Waals surface area contributed by atoms with Crippen molar-refractivity contribution in [1.82, 2.24) is 0 Å². The van der Waals surface area contributed by atoms with Crippen LogP contribution in [-0.2, 0) is 0 Å². The third-order valence-corrected chi connectivity index (χ3v) is 3.36. The van der Waals surface area contributed by atoms with Crippen LogP contribution in [0.4, 0.5) is 5.69 Å². The second-order valence-corrected chi connectivity index (χ2v) is 4.94. The van der Waals surface area contributed by atoms with Gasteiger partial charge >= 0.3 is 0 Å². The fourth-order valence-corrected chi connectivity index (χ4v) is 2.28. The molecule has 0 unspecified atom stereocenters. The fraction of sp³-hybridized carbons (Fsp3) is 0.571. The lowest BCUT2D eigenvalue weighted by atomic mass is 10.2. The summed E-state index contributed by atoms with van der Waals surface area (Å²) in [7, 11) is 0. The smallest absolute Gasteiger partial charge is 0.0606 e. The summed E-state index contributed by atoms with van der Waals surface area (Å²) in [6, 6.07) is 10.3. The zero-order valence-electron chi connectivity index (χ0n) is 10.3. The number of nitrogens with zero attached hydrogens (tertiary/aromatic N) is 1. The van der Waals surface area contributed by atoms with Gasteiger partial charge in [-0.25, -0.2) is 0 Å². The zero-order chi connectivity index (χ0) is 12.3. The number of benzene rings is 1. The largest absolute Gasteiger partial charge is 0.395 e. The zero-order valence-corrected chi connectivity index (χ0v) is 11.9. The average molecular weight is 300 g/mol. The molecule has 0 aliphatic heterocycles. The molecule has 1 aromatic rings. The molecule has 2 nitrogen and oxygen atoms in total. The predicted molar refractivity (Wildman–Crippen MR) is 78.0 cm³/mol. The molecule has 0 aromatic heterocycles. The van der Waals surface area contributed by atoms with E-state index < -0.39 is 0 Å². The highest BCUT2D eigenvalue weighted by Gasteiger charge is 2.04. The van der Waals surface area contributed by atoms with Crippen molar-refractivity contribution in [3.05, 3.63) is 30.3 Å². The van der Waals surface area contributed by atoms with Crippen molar-refractivity contribution in [2.45, 2.75) is 25.7 Å². The quantitative estimate of drug-likeness (QED) is 0.558. The molecule has 0 aliphatic carbocycles. The molecular weight excluding hydrogens is 278 g/mol. The van der Waals surface area contributed by atoms with E-state index in [1.54, 1.807) is 0 Å². The van der Waals surface area contributed by atoms with E-state index in [2.05, 4.69) is 33.0 Å². The van der Waals surface area contributed by atoms with E-state index in [0.29, 0.717) is 0 Å². The van der Waals surface area contributed by atoms with Gasteiger partial charge in [0.15, 0.2) is 0 Å². The molecule has 0 aliphatic rings. The van der Waals surface area contributed by atoms with Crippen molar-refractivity contribution in [2.24, 2.45) is 0 Å². The SMILES string of the molecule is OCCN(CCCCCCBr)c1ccccc1. The Balaban J connectivity index is 2.33. The third kappa shape index (κ3) is 6.08. The minimum Gasteiger partial charge on any atom is -0.395 e. The van der Waals surface area contributed by atoms with Gasteiger partial charge in [-0.3, -0.25) is 0 Å². The molecule has 0 amide bonds. The minimum absolute atomic E-state index is 0.219. The Bertz CT molecular complexity index is 279. The molecule has 0 fully saturated rings. The van der Waals surface area contributed by atoms with Gasteiger partial charge in [0, 0.05) is 24.1 Å². The van der Waals surface area contributed by atoms with Crippen LogP contribution in [0.25, 0.3) is 0 Å². The number of para-hydroxylation sites is 1. The van der Waals surface area contributed by atoms with Crippen LogP contribution in [0.1, 0.15) is 25.7 Å². The van der Waals surface area contributed by atoms with E-state index >= 15 is 0 Å². The van der Waals surface area contributed by atoms with Gasteiger partial charge in [-0.1, -0.05) is 47.0 Å². The van der Waals surface area contributed by atoms with Crippen LogP contribution in [0.2, 0.25) is 0 Å². The van der Waals surface area contributed by atoms with Gasteiger partial charge in [0.1, 0.15) is 0 Å². The van der Waals surface area contributed by atoms with Crippen molar-refractivity contribution < 1.29 is 5.11 Å². The van der Waals surface area contributed by atoms with Crippen molar-refractivity contribution in [2.75, 3.05) is 29.9 Å². The number of unbranched alkanes of at least 4 members (excludes halogenated alkanes) is 3. The van der Waals surface area contributed by atoms with Crippen molar-refractivity contribution in [3.8, 4) is 0 Å². The van der Waals surface area contributed by atoms with Crippen LogP contribution in [-0.4, -0.2) is 30.1 Å². The van der Waals surface area contributed by atoms with Crippen molar-refractivity contribution in [1.29, 1.82) is 0 Å². The van der Waals surface area contributed by atoms with E-state index in [-0.39, 0.29) is 6.61 Å². The summed E-state index contributed by atoms with van der Waals surface area (Å²) >= 11 is 3.45. The number of alkyl halides is 1. The molecule has 0 bridgehead atoms. The van der Waals surface area contributed by atoms with Gasteiger partial charge in [0.05, 0.1) is 6.61 Å². The maximum Gasteiger partial charge on any atom is 0.0606 e. The predicted octanol–water partition coefficient (Wildman–Crippen LogP) is 3.44. The van der Waals surface area contributed by atoms with Gasteiger partial charge in [-0.2, -0.15) is 0 Å².